The predicted molar refractivity (Wildman–Crippen MR) is 109 cm³/mol. The van der Waals surface area contributed by atoms with E-state index in [0.717, 1.165) is 11.3 Å². The normalized spacial score (nSPS) is 16.8. The molecule has 0 bridgehead atoms. The standard InChI is InChI=1S/C20H23ClN2O4S/c1-20(2,3)23-28(25,26)17-6-4-5-16(11-17)22-19(24)14-9-13-10-15(21)7-8-18(13)27-12-14/h4-8,10-11,14,23H,9,12H2,1-3H3,(H,22,24)/t14-/m0/s1. The van der Waals surface area contributed by atoms with Crippen molar-refractivity contribution in [3.05, 3.63) is 53.1 Å². The van der Waals surface area contributed by atoms with Gasteiger partial charge in [0.2, 0.25) is 15.9 Å². The van der Waals surface area contributed by atoms with Gasteiger partial charge in [-0.25, -0.2) is 13.1 Å². The highest BCUT2D eigenvalue weighted by Gasteiger charge is 2.27. The minimum atomic E-state index is -3.69. The molecule has 28 heavy (non-hydrogen) atoms. The number of rotatable bonds is 4. The number of carbonyl (C=O) groups excluding carboxylic acids is 1. The predicted octanol–water partition coefficient (Wildman–Crippen LogP) is 3.61. The summed E-state index contributed by atoms with van der Waals surface area (Å²) in [5, 5.41) is 3.38. The third kappa shape index (κ3) is 5.04. The van der Waals surface area contributed by atoms with E-state index in [1.165, 1.54) is 12.1 Å². The van der Waals surface area contributed by atoms with Crippen molar-refractivity contribution in [2.45, 2.75) is 37.6 Å². The van der Waals surface area contributed by atoms with Crippen molar-refractivity contribution in [2.24, 2.45) is 5.92 Å². The zero-order chi connectivity index (χ0) is 20.5. The van der Waals surface area contributed by atoms with E-state index in [4.69, 9.17) is 16.3 Å². The van der Waals surface area contributed by atoms with E-state index >= 15 is 0 Å². The molecule has 2 aromatic carbocycles. The van der Waals surface area contributed by atoms with Crippen molar-refractivity contribution in [2.75, 3.05) is 11.9 Å². The fourth-order valence-corrected chi connectivity index (χ4v) is 4.64. The maximum absolute atomic E-state index is 12.7. The SMILES string of the molecule is CC(C)(C)NS(=O)(=O)c1cccc(NC(=O)[C@@H]2COc3ccc(Cl)cc3C2)c1. The quantitative estimate of drug-likeness (QED) is 0.788. The van der Waals surface area contributed by atoms with Crippen molar-refractivity contribution in [1.82, 2.24) is 4.72 Å². The first-order chi connectivity index (χ1) is 13.0. The maximum atomic E-state index is 12.7. The summed E-state index contributed by atoms with van der Waals surface area (Å²) in [4.78, 5) is 12.8. The molecule has 0 spiro atoms. The number of carbonyl (C=O) groups is 1. The zero-order valence-electron chi connectivity index (χ0n) is 16.0. The molecule has 0 aliphatic carbocycles. The van der Waals surface area contributed by atoms with Crippen LogP contribution in [0.3, 0.4) is 0 Å². The summed E-state index contributed by atoms with van der Waals surface area (Å²) in [6.07, 6.45) is 0.505. The third-order valence-corrected chi connectivity index (χ3v) is 6.14. The van der Waals surface area contributed by atoms with E-state index < -0.39 is 15.6 Å². The fraction of sp³-hybridized carbons (Fsp3) is 0.350. The number of hydrogen-bond acceptors (Lipinski definition) is 4. The molecule has 1 atom stereocenters. The number of amides is 1. The van der Waals surface area contributed by atoms with Crippen molar-refractivity contribution in [1.29, 1.82) is 0 Å². The zero-order valence-corrected chi connectivity index (χ0v) is 17.5. The Morgan fingerprint density at radius 1 is 1.18 bits per heavy atom. The molecule has 0 aromatic heterocycles. The first-order valence-electron chi connectivity index (χ1n) is 8.90. The Hall–Kier alpha value is -2.09. The first kappa shape index (κ1) is 20.6. The van der Waals surface area contributed by atoms with Crippen LogP contribution in [-0.4, -0.2) is 26.5 Å². The van der Waals surface area contributed by atoms with Crippen LogP contribution in [0.4, 0.5) is 5.69 Å². The molecule has 0 saturated carbocycles. The Morgan fingerprint density at radius 2 is 1.93 bits per heavy atom. The van der Waals surface area contributed by atoms with Crippen LogP contribution in [-0.2, 0) is 21.2 Å². The molecular formula is C20H23ClN2O4S. The second-order valence-electron chi connectivity index (χ2n) is 7.84. The number of nitrogens with one attached hydrogen (secondary N) is 2. The maximum Gasteiger partial charge on any atom is 0.241 e. The smallest absolute Gasteiger partial charge is 0.241 e. The summed E-state index contributed by atoms with van der Waals surface area (Å²) in [6.45, 7) is 5.56. The average molecular weight is 423 g/mol. The Morgan fingerprint density at radius 3 is 2.64 bits per heavy atom. The van der Waals surface area contributed by atoms with Crippen LogP contribution in [0.5, 0.6) is 5.75 Å². The van der Waals surface area contributed by atoms with Crippen LogP contribution in [0, 0.1) is 5.92 Å². The van der Waals surface area contributed by atoms with Crippen molar-refractivity contribution < 1.29 is 17.9 Å². The highest BCUT2D eigenvalue weighted by Crippen LogP contribution is 2.30. The summed E-state index contributed by atoms with van der Waals surface area (Å²) < 4.78 is 33.3. The molecule has 150 valence electrons. The van der Waals surface area contributed by atoms with E-state index in [2.05, 4.69) is 10.0 Å². The number of halogens is 1. The highest BCUT2D eigenvalue weighted by molar-refractivity contribution is 7.89. The molecule has 2 N–H and O–H groups in total. The number of benzene rings is 2. The Labute approximate surface area is 170 Å². The van der Waals surface area contributed by atoms with E-state index in [1.54, 1.807) is 51.1 Å². The molecule has 0 unspecified atom stereocenters. The van der Waals surface area contributed by atoms with E-state index in [1.807, 2.05) is 0 Å². The Bertz CT molecular complexity index is 1000. The van der Waals surface area contributed by atoms with Gasteiger partial charge in [0.15, 0.2) is 0 Å². The van der Waals surface area contributed by atoms with Crippen molar-refractivity contribution >= 4 is 33.2 Å². The molecule has 0 saturated heterocycles. The molecule has 1 aliphatic heterocycles. The molecular weight excluding hydrogens is 400 g/mol. The third-order valence-electron chi connectivity index (χ3n) is 4.15. The minimum Gasteiger partial charge on any atom is -0.492 e. The number of sulfonamides is 1. The summed E-state index contributed by atoms with van der Waals surface area (Å²) in [5.74, 6) is 0.109. The van der Waals surface area contributed by atoms with Crippen LogP contribution < -0.4 is 14.8 Å². The van der Waals surface area contributed by atoms with Gasteiger partial charge in [-0.15, -0.1) is 0 Å². The monoisotopic (exact) mass is 422 g/mol. The Kier molecular flexibility index (Phi) is 5.70. The summed E-state index contributed by atoms with van der Waals surface area (Å²) in [6, 6.07) is 11.5. The minimum absolute atomic E-state index is 0.0947. The largest absolute Gasteiger partial charge is 0.492 e. The first-order valence-corrected chi connectivity index (χ1v) is 10.8. The molecule has 2 aromatic rings. The van der Waals surface area contributed by atoms with Gasteiger partial charge in [0.1, 0.15) is 12.4 Å². The highest BCUT2D eigenvalue weighted by atomic mass is 35.5. The molecule has 1 amide bonds. The van der Waals surface area contributed by atoms with Gasteiger partial charge in [0.25, 0.3) is 0 Å². The van der Waals surface area contributed by atoms with E-state index in [9.17, 15) is 13.2 Å². The van der Waals surface area contributed by atoms with Crippen LogP contribution in [0.25, 0.3) is 0 Å². The topological polar surface area (TPSA) is 84.5 Å². The van der Waals surface area contributed by atoms with Crippen LogP contribution in [0.1, 0.15) is 26.3 Å². The lowest BCUT2D eigenvalue weighted by Gasteiger charge is -2.25. The number of anilines is 1. The van der Waals surface area contributed by atoms with E-state index in [-0.39, 0.29) is 23.3 Å². The second-order valence-corrected chi connectivity index (χ2v) is 9.96. The number of fused-ring (bicyclic) bond motifs is 1. The van der Waals surface area contributed by atoms with Gasteiger partial charge in [-0.1, -0.05) is 17.7 Å². The van der Waals surface area contributed by atoms with Crippen molar-refractivity contribution in [3.63, 3.8) is 0 Å². The average Bonchev–Trinajstić information content (AvgIpc) is 2.59. The lowest BCUT2D eigenvalue weighted by atomic mass is 9.96. The van der Waals surface area contributed by atoms with Crippen LogP contribution >= 0.6 is 11.6 Å². The number of ether oxygens (including phenoxy) is 1. The number of hydrogen-bond donors (Lipinski definition) is 2. The molecule has 0 radical (unpaired) electrons. The molecule has 1 heterocycles. The van der Waals surface area contributed by atoms with Gasteiger partial charge in [0, 0.05) is 16.2 Å². The fourth-order valence-electron chi connectivity index (χ4n) is 2.98. The molecule has 1 aliphatic rings. The van der Waals surface area contributed by atoms with Crippen molar-refractivity contribution in [3.8, 4) is 5.75 Å². The second kappa shape index (κ2) is 7.73. The molecule has 8 heteroatoms. The summed E-state index contributed by atoms with van der Waals surface area (Å²) in [5.41, 5.74) is 0.690. The van der Waals surface area contributed by atoms with Gasteiger partial charge in [-0.05, 0) is 69.2 Å². The van der Waals surface area contributed by atoms with Gasteiger partial charge in [-0.2, -0.15) is 0 Å². The van der Waals surface area contributed by atoms with E-state index in [0.29, 0.717) is 17.1 Å². The summed E-state index contributed by atoms with van der Waals surface area (Å²) >= 11 is 6.02. The van der Waals surface area contributed by atoms with Gasteiger partial charge >= 0.3 is 0 Å². The van der Waals surface area contributed by atoms with Gasteiger partial charge in [-0.3, -0.25) is 4.79 Å². The van der Waals surface area contributed by atoms with Crippen LogP contribution in [0.2, 0.25) is 5.02 Å². The summed E-state index contributed by atoms with van der Waals surface area (Å²) in [7, 11) is -3.69. The molecule has 0 fully saturated rings. The van der Waals surface area contributed by atoms with Crippen LogP contribution in [0.15, 0.2) is 47.4 Å². The lowest BCUT2D eigenvalue weighted by Crippen LogP contribution is -2.40. The molecule has 6 nitrogen and oxygen atoms in total. The van der Waals surface area contributed by atoms with Gasteiger partial charge in [0.05, 0.1) is 10.8 Å². The van der Waals surface area contributed by atoms with Gasteiger partial charge < -0.3 is 10.1 Å². The molecule has 3 rings (SSSR count). The Balaban J connectivity index is 1.73. The lowest BCUT2D eigenvalue weighted by molar-refractivity contribution is -0.121.